The first kappa shape index (κ1) is 20.9. The van der Waals surface area contributed by atoms with E-state index < -0.39 is 7.44 Å². The highest BCUT2D eigenvalue weighted by Crippen LogP contribution is 2.50. The maximum Gasteiger partial charge on any atom is 0.289 e. The van der Waals surface area contributed by atoms with Gasteiger partial charge in [-0.3, -0.25) is 10.1 Å². The molecular formula is C13H10BrClFN7O3S2. The Labute approximate surface area is 179 Å². The number of rotatable bonds is 8. The number of ether oxygens (including phenoxy) is 1. The number of H-pyrrole nitrogens is 1. The number of hydrogen-bond donors (Lipinski definition) is 2. The number of alkyl halides is 1. The Kier molecular flexibility index (Phi) is 6.44. The van der Waals surface area contributed by atoms with Crippen LogP contribution in [0.2, 0.25) is 0 Å². The number of hydrogen-bond acceptors (Lipinski definition) is 10. The van der Waals surface area contributed by atoms with Gasteiger partial charge in [-0.2, -0.15) is 0 Å². The van der Waals surface area contributed by atoms with Crippen LogP contribution in [0.4, 0.5) is 16.0 Å². The zero-order valence-electron chi connectivity index (χ0n) is 13.8. The van der Waals surface area contributed by atoms with E-state index >= 15 is 0 Å². The van der Waals surface area contributed by atoms with Crippen LogP contribution in [0.5, 0.6) is 5.75 Å². The molecule has 10 nitrogen and oxygen atoms in total. The van der Waals surface area contributed by atoms with Crippen molar-refractivity contribution >= 4 is 74.1 Å². The first-order chi connectivity index (χ1) is 13.3. The van der Waals surface area contributed by atoms with Crippen LogP contribution >= 0.6 is 51.4 Å². The Morgan fingerprint density at radius 1 is 1.50 bits per heavy atom. The molecule has 3 rings (SSSR count). The number of nitro groups is 1. The van der Waals surface area contributed by atoms with Crippen LogP contribution < -0.4 is 10.1 Å². The van der Waals surface area contributed by atoms with E-state index in [4.69, 9.17) is 16.5 Å². The van der Waals surface area contributed by atoms with Crippen molar-refractivity contribution in [2.75, 3.05) is 12.4 Å². The second-order valence-electron chi connectivity index (χ2n) is 4.97. The monoisotopic (exact) mass is 509 g/mol. The number of methoxy groups -OCH3 is 1. The van der Waals surface area contributed by atoms with Crippen LogP contribution in [-0.4, -0.2) is 39.1 Å². The zero-order chi connectivity index (χ0) is 20.3. The standard InChI is InChI=1S/C13H10BrClFN7O3S2/c1-26-8-4-2-3-7(5-8)19-11-9-10(18-6-17-9)20-12(21-11)27-13(14,22(15)16)28-23(24)25/h2-6H,1H3,(H2,17,18,19,20,21). The smallest absolute Gasteiger partial charge is 0.289 e. The second-order valence-corrected chi connectivity index (χ2v) is 9.95. The van der Waals surface area contributed by atoms with Crippen LogP contribution in [0, 0.1) is 10.1 Å². The predicted molar refractivity (Wildman–Crippen MR) is 109 cm³/mol. The summed E-state index contributed by atoms with van der Waals surface area (Å²) in [5, 5.41) is 13.9. The minimum atomic E-state index is -1.99. The van der Waals surface area contributed by atoms with Gasteiger partial charge in [0.15, 0.2) is 16.6 Å². The average Bonchev–Trinajstić information content (AvgIpc) is 3.10. The molecule has 1 aromatic carbocycles. The number of imidazole rings is 1. The molecule has 15 heteroatoms. The van der Waals surface area contributed by atoms with Gasteiger partial charge >= 0.3 is 0 Å². The number of anilines is 2. The fraction of sp³-hybridized carbons (Fsp3) is 0.154. The fourth-order valence-corrected chi connectivity index (χ4v) is 4.42. The van der Waals surface area contributed by atoms with Crippen molar-refractivity contribution in [2.45, 2.75) is 8.27 Å². The van der Waals surface area contributed by atoms with E-state index in [1.807, 2.05) is 0 Å². The molecule has 0 saturated carbocycles. The number of aromatic amines is 1. The van der Waals surface area contributed by atoms with Gasteiger partial charge in [0.1, 0.15) is 15.6 Å². The Bertz CT molecular complexity index is 1010. The Balaban J connectivity index is 1.97. The van der Waals surface area contributed by atoms with E-state index in [0.29, 0.717) is 34.5 Å². The number of nitrogens with one attached hydrogen (secondary N) is 2. The van der Waals surface area contributed by atoms with Crippen molar-refractivity contribution in [3.63, 3.8) is 0 Å². The van der Waals surface area contributed by atoms with Gasteiger partial charge in [0.05, 0.1) is 13.4 Å². The normalized spacial score (nSPS) is 13.5. The van der Waals surface area contributed by atoms with Crippen molar-refractivity contribution in [3.8, 4) is 5.75 Å². The van der Waals surface area contributed by atoms with Crippen molar-refractivity contribution in [1.29, 1.82) is 0 Å². The summed E-state index contributed by atoms with van der Waals surface area (Å²) in [5.41, 5.74) is 1.44. The van der Waals surface area contributed by atoms with Gasteiger partial charge in [-0.25, -0.2) is 15.0 Å². The SMILES string of the molecule is COc1cccc(Nc2nc(SC(Br)(S[N+](=O)[O-])N(F)Cl)nc3nc[nH]c23)c1. The minimum Gasteiger partial charge on any atom is -0.497 e. The summed E-state index contributed by atoms with van der Waals surface area (Å²) in [6.45, 7) is 0. The zero-order valence-corrected chi connectivity index (χ0v) is 17.8. The van der Waals surface area contributed by atoms with Crippen LogP contribution in [-0.2, 0) is 0 Å². The summed E-state index contributed by atoms with van der Waals surface area (Å²) >= 11 is 8.85. The molecule has 2 N–H and O–H groups in total. The highest BCUT2D eigenvalue weighted by molar-refractivity contribution is 9.13. The molecule has 0 aliphatic carbocycles. The van der Waals surface area contributed by atoms with E-state index in [-0.39, 0.29) is 27.4 Å². The lowest BCUT2D eigenvalue weighted by Gasteiger charge is -2.20. The molecule has 0 radical (unpaired) electrons. The molecule has 1 unspecified atom stereocenters. The third kappa shape index (κ3) is 4.75. The van der Waals surface area contributed by atoms with Gasteiger partial charge < -0.3 is 15.0 Å². The molecule has 148 valence electrons. The summed E-state index contributed by atoms with van der Waals surface area (Å²) in [4.78, 5) is 26.3. The van der Waals surface area contributed by atoms with Crippen molar-refractivity contribution < 1.29 is 13.5 Å². The predicted octanol–water partition coefficient (Wildman–Crippen LogP) is 4.47. The molecule has 0 amide bonds. The quantitative estimate of drug-likeness (QED) is 0.0516. The third-order valence-corrected chi connectivity index (χ3v) is 6.88. The van der Waals surface area contributed by atoms with E-state index in [2.05, 4.69) is 41.2 Å². The summed E-state index contributed by atoms with van der Waals surface area (Å²) < 4.78 is 15.7. The van der Waals surface area contributed by atoms with Crippen LogP contribution in [0.3, 0.4) is 0 Å². The lowest BCUT2D eigenvalue weighted by atomic mass is 10.3. The number of nitrogens with zero attached hydrogens (tertiary/aromatic N) is 5. The topological polar surface area (TPSA) is 122 Å². The first-order valence-electron chi connectivity index (χ1n) is 7.26. The lowest BCUT2D eigenvalue weighted by molar-refractivity contribution is -0.286. The third-order valence-electron chi connectivity index (χ3n) is 3.20. The molecule has 0 bridgehead atoms. The molecule has 0 spiro atoms. The van der Waals surface area contributed by atoms with Crippen LogP contribution in [0.15, 0.2) is 35.7 Å². The fourth-order valence-electron chi connectivity index (χ4n) is 2.08. The summed E-state index contributed by atoms with van der Waals surface area (Å²) in [6.07, 6.45) is 1.42. The maximum absolute atomic E-state index is 13.7. The van der Waals surface area contributed by atoms with Gasteiger partial charge in [-0.15, -0.1) is 4.48 Å². The second kappa shape index (κ2) is 8.65. The highest BCUT2D eigenvalue weighted by Gasteiger charge is 2.46. The molecule has 0 fully saturated rings. The molecule has 0 saturated heterocycles. The van der Waals surface area contributed by atoms with Gasteiger partial charge in [0.2, 0.25) is 0 Å². The highest BCUT2D eigenvalue weighted by atomic mass is 79.9. The molecule has 2 aromatic heterocycles. The number of halogens is 3. The van der Waals surface area contributed by atoms with Gasteiger partial charge in [0, 0.05) is 23.5 Å². The van der Waals surface area contributed by atoms with E-state index in [9.17, 15) is 14.6 Å². The molecule has 1 atom stereocenters. The molecule has 3 aromatic rings. The van der Waals surface area contributed by atoms with Gasteiger partial charge in [0.25, 0.3) is 15.1 Å². The average molecular weight is 511 g/mol. The van der Waals surface area contributed by atoms with Crippen molar-refractivity contribution in [3.05, 3.63) is 40.7 Å². The summed E-state index contributed by atoms with van der Waals surface area (Å²) in [7, 11) is 1.54. The Hall–Kier alpha value is -1.87. The Morgan fingerprint density at radius 2 is 2.29 bits per heavy atom. The largest absolute Gasteiger partial charge is 0.497 e. The first-order valence-corrected chi connectivity index (χ1v) is 9.98. The molecule has 0 aliphatic rings. The van der Waals surface area contributed by atoms with Gasteiger partial charge in [-0.1, -0.05) is 6.07 Å². The lowest BCUT2D eigenvalue weighted by Crippen LogP contribution is -2.26. The maximum atomic E-state index is 13.7. The molecule has 2 heterocycles. The van der Waals surface area contributed by atoms with E-state index in [1.165, 1.54) is 6.33 Å². The van der Waals surface area contributed by atoms with Crippen molar-refractivity contribution in [1.82, 2.24) is 24.6 Å². The molecule has 28 heavy (non-hydrogen) atoms. The van der Waals surface area contributed by atoms with Crippen molar-refractivity contribution in [2.24, 2.45) is 0 Å². The van der Waals surface area contributed by atoms with Crippen LogP contribution in [0.1, 0.15) is 0 Å². The Morgan fingerprint density at radius 3 is 2.96 bits per heavy atom. The minimum absolute atomic E-state index is 0.000443. The molecule has 0 aliphatic heterocycles. The number of thioether (sulfide) groups is 1. The number of fused-ring (bicyclic) bond motifs is 1. The van der Waals surface area contributed by atoms with Gasteiger partial charge in [-0.05, 0) is 44.5 Å². The van der Waals surface area contributed by atoms with Crippen LogP contribution in [0.25, 0.3) is 11.2 Å². The molecular weight excluding hydrogens is 501 g/mol. The van der Waals surface area contributed by atoms with E-state index in [1.54, 1.807) is 31.4 Å². The summed E-state index contributed by atoms with van der Waals surface area (Å²) in [5.74, 6) is 0.964. The summed E-state index contributed by atoms with van der Waals surface area (Å²) in [6, 6.07) is 7.10. The van der Waals surface area contributed by atoms with E-state index in [0.717, 1.165) is 0 Å². The number of benzene rings is 1. The number of aromatic nitrogens is 4.